The lowest BCUT2D eigenvalue weighted by Crippen LogP contribution is -2.32. The molecular weight excluding hydrogens is 232 g/mol. The summed E-state index contributed by atoms with van der Waals surface area (Å²) in [5.41, 5.74) is -0.307. The molecule has 0 saturated heterocycles. The molecule has 3 aliphatic rings. The maximum Gasteiger partial charge on any atom is 0.0650 e. The lowest BCUT2D eigenvalue weighted by atomic mass is 9.77. The van der Waals surface area contributed by atoms with Crippen LogP contribution in [0.15, 0.2) is 0 Å². The summed E-state index contributed by atoms with van der Waals surface area (Å²) < 4.78 is 0. The van der Waals surface area contributed by atoms with Crippen molar-refractivity contribution in [2.75, 3.05) is 0 Å². The maximum absolute atomic E-state index is 11.0. The van der Waals surface area contributed by atoms with E-state index in [1.54, 1.807) is 0 Å². The van der Waals surface area contributed by atoms with Crippen molar-refractivity contribution < 1.29 is 5.11 Å². The number of aliphatic hydroxyl groups is 1. The van der Waals surface area contributed by atoms with Crippen LogP contribution in [-0.2, 0) is 0 Å². The number of rotatable bonds is 3. The first kappa shape index (κ1) is 13.9. The molecule has 3 fully saturated rings. The van der Waals surface area contributed by atoms with E-state index in [4.69, 9.17) is 0 Å². The van der Waals surface area contributed by atoms with Crippen molar-refractivity contribution in [1.82, 2.24) is 0 Å². The molecule has 0 aromatic heterocycles. The summed E-state index contributed by atoms with van der Waals surface area (Å²) in [6.45, 7) is 4.70. The van der Waals surface area contributed by atoms with Crippen LogP contribution in [-0.4, -0.2) is 10.7 Å². The molecule has 0 heterocycles. The highest BCUT2D eigenvalue weighted by Gasteiger charge is 2.43. The van der Waals surface area contributed by atoms with Gasteiger partial charge in [-0.1, -0.05) is 33.1 Å². The van der Waals surface area contributed by atoms with E-state index in [-0.39, 0.29) is 5.60 Å². The molecule has 19 heavy (non-hydrogen) atoms. The fraction of sp³-hybridized carbons (Fsp3) is 1.00. The molecule has 110 valence electrons. The molecule has 5 atom stereocenters. The van der Waals surface area contributed by atoms with Gasteiger partial charge < -0.3 is 5.11 Å². The molecular formula is C18H32O. The van der Waals surface area contributed by atoms with Crippen molar-refractivity contribution in [3.05, 3.63) is 0 Å². The van der Waals surface area contributed by atoms with Crippen LogP contribution in [0.4, 0.5) is 0 Å². The van der Waals surface area contributed by atoms with Crippen LogP contribution in [0.1, 0.15) is 78.1 Å². The number of hydrogen-bond donors (Lipinski definition) is 1. The molecule has 0 aliphatic heterocycles. The molecule has 3 rings (SSSR count). The highest BCUT2D eigenvalue weighted by atomic mass is 16.3. The summed E-state index contributed by atoms with van der Waals surface area (Å²) in [4.78, 5) is 0. The fourth-order valence-electron chi connectivity index (χ4n) is 5.40. The van der Waals surface area contributed by atoms with Gasteiger partial charge in [0.25, 0.3) is 0 Å². The Morgan fingerprint density at radius 1 is 1.05 bits per heavy atom. The molecule has 1 heteroatoms. The Morgan fingerprint density at radius 2 is 1.89 bits per heavy atom. The Balaban J connectivity index is 1.57. The van der Waals surface area contributed by atoms with Crippen molar-refractivity contribution >= 4 is 0 Å². The van der Waals surface area contributed by atoms with Gasteiger partial charge in [-0.15, -0.1) is 0 Å². The normalized spacial score (nSPS) is 46.7. The topological polar surface area (TPSA) is 20.2 Å². The zero-order chi connectivity index (χ0) is 13.5. The summed E-state index contributed by atoms with van der Waals surface area (Å²) in [5.74, 6) is 4.50. The van der Waals surface area contributed by atoms with E-state index in [2.05, 4.69) is 13.8 Å². The molecule has 1 nitrogen and oxygen atoms in total. The van der Waals surface area contributed by atoms with E-state index in [0.717, 1.165) is 48.9 Å². The van der Waals surface area contributed by atoms with Crippen LogP contribution >= 0.6 is 0 Å². The number of fused-ring (bicyclic) bond motifs is 2. The Bertz CT molecular complexity index is 311. The lowest BCUT2D eigenvalue weighted by Gasteiger charge is -2.33. The van der Waals surface area contributed by atoms with Gasteiger partial charge in [-0.25, -0.2) is 0 Å². The van der Waals surface area contributed by atoms with Gasteiger partial charge in [-0.3, -0.25) is 0 Å². The first-order chi connectivity index (χ1) is 9.06. The second-order valence-electron chi connectivity index (χ2n) is 8.30. The van der Waals surface area contributed by atoms with Crippen molar-refractivity contribution in [3.8, 4) is 0 Å². The second kappa shape index (κ2) is 5.39. The molecule has 3 aliphatic carbocycles. The third kappa shape index (κ3) is 3.01. The molecule has 0 radical (unpaired) electrons. The van der Waals surface area contributed by atoms with Crippen LogP contribution in [0.3, 0.4) is 0 Å². The zero-order valence-corrected chi connectivity index (χ0v) is 12.9. The standard InChI is InChI=1S/C18H32O/c1-13(2)15-4-3-8-18(19,9-7-15)12-17-11-14-5-6-16(17)10-14/h13-17,19H,3-12H2,1-2H3. The summed E-state index contributed by atoms with van der Waals surface area (Å²) in [7, 11) is 0. The van der Waals surface area contributed by atoms with Gasteiger partial charge in [0.2, 0.25) is 0 Å². The summed E-state index contributed by atoms with van der Waals surface area (Å²) >= 11 is 0. The van der Waals surface area contributed by atoms with Gasteiger partial charge in [-0.2, -0.15) is 0 Å². The third-order valence-corrected chi connectivity index (χ3v) is 6.67. The van der Waals surface area contributed by atoms with Gasteiger partial charge >= 0.3 is 0 Å². The van der Waals surface area contributed by atoms with Crippen LogP contribution in [0.2, 0.25) is 0 Å². The Morgan fingerprint density at radius 3 is 2.53 bits per heavy atom. The predicted octanol–water partition coefficient (Wildman–Crippen LogP) is 4.78. The highest BCUT2D eigenvalue weighted by molar-refractivity contribution is 4.95. The second-order valence-corrected chi connectivity index (χ2v) is 8.30. The Hall–Kier alpha value is -0.0400. The molecule has 1 N–H and O–H groups in total. The minimum atomic E-state index is -0.307. The van der Waals surface area contributed by atoms with Crippen LogP contribution < -0.4 is 0 Å². The molecule has 0 spiro atoms. The van der Waals surface area contributed by atoms with Gasteiger partial charge in [-0.05, 0) is 74.5 Å². The largest absolute Gasteiger partial charge is 0.390 e. The molecule has 0 aromatic rings. The average molecular weight is 264 g/mol. The molecule has 5 unspecified atom stereocenters. The fourth-order valence-corrected chi connectivity index (χ4v) is 5.40. The van der Waals surface area contributed by atoms with Crippen molar-refractivity contribution in [2.45, 2.75) is 83.7 Å². The summed E-state index contributed by atoms with van der Waals surface area (Å²) in [6, 6.07) is 0. The molecule has 2 bridgehead atoms. The predicted molar refractivity (Wildman–Crippen MR) is 79.9 cm³/mol. The highest BCUT2D eigenvalue weighted by Crippen LogP contribution is 2.52. The van der Waals surface area contributed by atoms with Crippen LogP contribution in [0, 0.1) is 29.6 Å². The lowest BCUT2D eigenvalue weighted by molar-refractivity contribution is -0.00768. The van der Waals surface area contributed by atoms with Crippen molar-refractivity contribution in [3.63, 3.8) is 0 Å². The van der Waals surface area contributed by atoms with Gasteiger partial charge in [0.05, 0.1) is 5.60 Å². The van der Waals surface area contributed by atoms with Crippen molar-refractivity contribution in [1.29, 1.82) is 0 Å². The minimum absolute atomic E-state index is 0.307. The quantitative estimate of drug-likeness (QED) is 0.727. The Kier molecular flexibility index (Phi) is 3.95. The minimum Gasteiger partial charge on any atom is -0.390 e. The third-order valence-electron chi connectivity index (χ3n) is 6.67. The smallest absolute Gasteiger partial charge is 0.0650 e. The zero-order valence-electron chi connectivity index (χ0n) is 12.9. The van der Waals surface area contributed by atoms with Crippen molar-refractivity contribution in [2.24, 2.45) is 29.6 Å². The van der Waals surface area contributed by atoms with E-state index in [1.165, 1.54) is 44.9 Å². The number of hydrogen-bond acceptors (Lipinski definition) is 1. The average Bonchev–Trinajstić information content (AvgIpc) is 2.89. The van der Waals surface area contributed by atoms with E-state index < -0.39 is 0 Å². The van der Waals surface area contributed by atoms with E-state index in [0.29, 0.717) is 0 Å². The first-order valence-corrected chi connectivity index (χ1v) is 8.78. The summed E-state index contributed by atoms with van der Waals surface area (Å²) in [6.07, 6.45) is 13.0. The molecule has 0 aromatic carbocycles. The monoisotopic (exact) mass is 264 g/mol. The van der Waals surface area contributed by atoms with E-state index in [9.17, 15) is 5.11 Å². The SMILES string of the molecule is CC(C)C1CCCC(O)(CC2CC3CCC2C3)CC1. The Labute approximate surface area is 119 Å². The van der Waals surface area contributed by atoms with E-state index in [1.807, 2.05) is 0 Å². The summed E-state index contributed by atoms with van der Waals surface area (Å²) in [5, 5.41) is 11.0. The molecule has 0 amide bonds. The molecule has 3 saturated carbocycles. The van der Waals surface area contributed by atoms with Crippen LogP contribution in [0.5, 0.6) is 0 Å². The van der Waals surface area contributed by atoms with Gasteiger partial charge in [0.15, 0.2) is 0 Å². The first-order valence-electron chi connectivity index (χ1n) is 8.78. The van der Waals surface area contributed by atoms with Gasteiger partial charge in [0.1, 0.15) is 0 Å². The van der Waals surface area contributed by atoms with Crippen LogP contribution in [0.25, 0.3) is 0 Å². The van der Waals surface area contributed by atoms with E-state index >= 15 is 0 Å². The maximum atomic E-state index is 11.0. The van der Waals surface area contributed by atoms with Gasteiger partial charge in [0, 0.05) is 0 Å².